The van der Waals surface area contributed by atoms with Crippen LogP contribution >= 0.6 is 0 Å². The highest BCUT2D eigenvalue weighted by Gasteiger charge is 2.12. The second kappa shape index (κ2) is 8.44. The summed E-state index contributed by atoms with van der Waals surface area (Å²) in [5.41, 5.74) is 3.68. The van der Waals surface area contributed by atoms with Crippen molar-refractivity contribution in [3.63, 3.8) is 0 Å². The molecular weight excluding hydrogens is 362 g/mol. The molecule has 0 fully saturated rings. The Morgan fingerprint density at radius 3 is 2.28 bits per heavy atom. The standard InChI is InChI=1S/C24H21N3O2/c1-29-22-17-27(16-18-10-4-2-5-11-18)24(26-23(22)28)25-21-15-9-8-14-20(21)19-12-6-3-7-13-19/h2-15,17H,16H2,1H3,(H,25,26,28). The zero-order chi connectivity index (χ0) is 20.1. The molecular formula is C24H21N3O2. The van der Waals surface area contributed by atoms with E-state index in [0.717, 1.165) is 22.4 Å². The summed E-state index contributed by atoms with van der Waals surface area (Å²) < 4.78 is 7.08. The number of rotatable bonds is 6. The summed E-state index contributed by atoms with van der Waals surface area (Å²) in [6, 6.07) is 28.1. The van der Waals surface area contributed by atoms with E-state index in [0.29, 0.717) is 12.5 Å². The van der Waals surface area contributed by atoms with Gasteiger partial charge in [0.2, 0.25) is 11.7 Å². The molecule has 5 nitrogen and oxygen atoms in total. The van der Waals surface area contributed by atoms with Gasteiger partial charge in [0.15, 0.2) is 0 Å². The highest BCUT2D eigenvalue weighted by molar-refractivity contribution is 5.79. The number of methoxy groups -OCH3 is 1. The molecule has 0 aliphatic rings. The van der Waals surface area contributed by atoms with Crippen molar-refractivity contribution in [3.8, 4) is 16.9 Å². The number of ether oxygens (including phenoxy) is 1. The molecule has 0 unspecified atom stereocenters. The van der Waals surface area contributed by atoms with Crippen LogP contribution in [-0.4, -0.2) is 16.7 Å². The molecule has 0 amide bonds. The molecule has 0 bridgehead atoms. The van der Waals surface area contributed by atoms with Crippen LogP contribution in [-0.2, 0) is 6.54 Å². The van der Waals surface area contributed by atoms with Crippen molar-refractivity contribution < 1.29 is 4.74 Å². The zero-order valence-electron chi connectivity index (χ0n) is 16.1. The highest BCUT2D eigenvalue weighted by Crippen LogP contribution is 2.29. The van der Waals surface area contributed by atoms with Gasteiger partial charge in [-0.1, -0.05) is 78.9 Å². The Morgan fingerprint density at radius 2 is 1.55 bits per heavy atom. The fourth-order valence-corrected chi connectivity index (χ4v) is 3.20. The number of para-hydroxylation sites is 1. The van der Waals surface area contributed by atoms with Crippen molar-refractivity contribution in [1.82, 2.24) is 9.55 Å². The fourth-order valence-electron chi connectivity index (χ4n) is 3.20. The van der Waals surface area contributed by atoms with Crippen molar-refractivity contribution in [2.45, 2.75) is 6.54 Å². The number of benzene rings is 3. The van der Waals surface area contributed by atoms with E-state index in [1.54, 1.807) is 6.20 Å². The van der Waals surface area contributed by atoms with Gasteiger partial charge in [0.25, 0.3) is 0 Å². The third-order valence-electron chi connectivity index (χ3n) is 4.64. The van der Waals surface area contributed by atoms with Crippen LogP contribution in [0.2, 0.25) is 0 Å². The molecule has 4 aromatic rings. The molecule has 144 valence electrons. The van der Waals surface area contributed by atoms with E-state index in [9.17, 15) is 4.79 Å². The van der Waals surface area contributed by atoms with E-state index >= 15 is 0 Å². The molecule has 0 aliphatic carbocycles. The molecule has 0 atom stereocenters. The highest BCUT2D eigenvalue weighted by atomic mass is 16.5. The Bertz CT molecular complexity index is 1160. The lowest BCUT2D eigenvalue weighted by molar-refractivity contribution is 0.402. The minimum Gasteiger partial charge on any atom is -0.490 e. The van der Waals surface area contributed by atoms with Crippen molar-refractivity contribution in [1.29, 1.82) is 0 Å². The van der Waals surface area contributed by atoms with Gasteiger partial charge in [-0.25, -0.2) is 0 Å². The van der Waals surface area contributed by atoms with Gasteiger partial charge in [-0.2, -0.15) is 4.98 Å². The number of hydrogen-bond acceptors (Lipinski definition) is 4. The molecule has 4 rings (SSSR count). The zero-order valence-corrected chi connectivity index (χ0v) is 16.1. The van der Waals surface area contributed by atoms with Crippen LogP contribution in [0.4, 0.5) is 11.6 Å². The van der Waals surface area contributed by atoms with Gasteiger partial charge in [-0.15, -0.1) is 0 Å². The predicted octanol–water partition coefficient (Wildman–Crippen LogP) is 4.71. The number of aromatic nitrogens is 2. The molecule has 0 radical (unpaired) electrons. The summed E-state index contributed by atoms with van der Waals surface area (Å²) in [6.45, 7) is 0.556. The van der Waals surface area contributed by atoms with Crippen LogP contribution in [0, 0.1) is 0 Å². The predicted molar refractivity (Wildman–Crippen MR) is 116 cm³/mol. The maximum absolute atomic E-state index is 12.3. The van der Waals surface area contributed by atoms with E-state index in [-0.39, 0.29) is 5.75 Å². The van der Waals surface area contributed by atoms with E-state index < -0.39 is 5.56 Å². The van der Waals surface area contributed by atoms with Crippen molar-refractivity contribution in [3.05, 3.63) is 107 Å². The third-order valence-corrected chi connectivity index (χ3v) is 4.64. The van der Waals surface area contributed by atoms with Crippen LogP contribution in [0.25, 0.3) is 11.1 Å². The minimum atomic E-state index is -0.406. The molecule has 3 aromatic carbocycles. The molecule has 0 saturated carbocycles. The number of nitrogens with zero attached hydrogens (tertiary/aromatic N) is 2. The van der Waals surface area contributed by atoms with Gasteiger partial charge in [-0.05, 0) is 17.2 Å². The first-order chi connectivity index (χ1) is 14.2. The maximum Gasteiger partial charge on any atom is 0.316 e. The van der Waals surface area contributed by atoms with Crippen LogP contribution in [0.1, 0.15) is 5.56 Å². The van der Waals surface area contributed by atoms with Crippen molar-refractivity contribution in [2.24, 2.45) is 0 Å². The molecule has 0 aliphatic heterocycles. The summed E-state index contributed by atoms with van der Waals surface area (Å²) in [6.07, 6.45) is 1.69. The number of nitrogens with one attached hydrogen (secondary N) is 1. The third kappa shape index (κ3) is 4.19. The van der Waals surface area contributed by atoms with Crippen LogP contribution < -0.4 is 15.6 Å². The number of anilines is 2. The van der Waals surface area contributed by atoms with Gasteiger partial charge in [0, 0.05) is 11.3 Å². The molecule has 0 spiro atoms. The van der Waals surface area contributed by atoms with Crippen molar-refractivity contribution >= 4 is 11.6 Å². The normalized spacial score (nSPS) is 10.5. The molecule has 5 heteroatoms. The first-order valence-corrected chi connectivity index (χ1v) is 9.35. The number of hydrogen-bond donors (Lipinski definition) is 1. The summed E-state index contributed by atoms with van der Waals surface area (Å²) in [7, 11) is 1.48. The second-order valence-electron chi connectivity index (χ2n) is 6.59. The van der Waals surface area contributed by atoms with Gasteiger partial charge in [-0.3, -0.25) is 4.79 Å². The Labute approximate surface area is 169 Å². The largest absolute Gasteiger partial charge is 0.490 e. The first kappa shape index (κ1) is 18.5. The van der Waals surface area contributed by atoms with Crippen LogP contribution in [0.3, 0.4) is 0 Å². The summed E-state index contributed by atoms with van der Waals surface area (Å²) in [5, 5.41) is 3.35. The van der Waals surface area contributed by atoms with E-state index in [1.165, 1.54) is 7.11 Å². The summed E-state index contributed by atoms with van der Waals surface area (Å²) in [4.78, 5) is 16.6. The van der Waals surface area contributed by atoms with Gasteiger partial charge < -0.3 is 14.6 Å². The first-order valence-electron chi connectivity index (χ1n) is 9.35. The summed E-state index contributed by atoms with van der Waals surface area (Å²) >= 11 is 0. The van der Waals surface area contributed by atoms with E-state index in [4.69, 9.17) is 4.74 Å². The topological polar surface area (TPSA) is 56.1 Å². The Hall–Kier alpha value is -3.86. The fraction of sp³-hybridized carbons (Fsp3) is 0.0833. The van der Waals surface area contributed by atoms with Crippen LogP contribution in [0.5, 0.6) is 5.75 Å². The Morgan fingerprint density at radius 1 is 0.897 bits per heavy atom. The Kier molecular flexibility index (Phi) is 5.38. The molecule has 29 heavy (non-hydrogen) atoms. The van der Waals surface area contributed by atoms with Crippen LogP contribution in [0.15, 0.2) is 95.9 Å². The lowest BCUT2D eigenvalue weighted by Crippen LogP contribution is -2.18. The molecule has 0 saturated heterocycles. The maximum atomic E-state index is 12.3. The SMILES string of the molecule is COc1cn(Cc2ccccc2)c(Nc2ccccc2-c2ccccc2)nc1=O. The van der Waals surface area contributed by atoms with Gasteiger partial charge >= 0.3 is 5.56 Å². The average molecular weight is 383 g/mol. The average Bonchev–Trinajstić information content (AvgIpc) is 2.77. The van der Waals surface area contributed by atoms with Gasteiger partial charge in [0.05, 0.1) is 19.9 Å². The van der Waals surface area contributed by atoms with E-state index in [1.807, 2.05) is 77.4 Å². The molecule has 1 aromatic heterocycles. The summed E-state index contributed by atoms with van der Waals surface area (Å²) in [5.74, 6) is 0.672. The Balaban J connectivity index is 1.76. The second-order valence-corrected chi connectivity index (χ2v) is 6.59. The van der Waals surface area contributed by atoms with Gasteiger partial charge in [0.1, 0.15) is 0 Å². The monoisotopic (exact) mass is 383 g/mol. The lowest BCUT2D eigenvalue weighted by Gasteiger charge is -2.17. The minimum absolute atomic E-state index is 0.211. The smallest absolute Gasteiger partial charge is 0.316 e. The van der Waals surface area contributed by atoms with E-state index in [2.05, 4.69) is 22.4 Å². The molecule has 1 heterocycles. The van der Waals surface area contributed by atoms with Crippen molar-refractivity contribution in [2.75, 3.05) is 12.4 Å². The molecule has 1 N–H and O–H groups in total. The lowest BCUT2D eigenvalue weighted by atomic mass is 10.0. The quantitative estimate of drug-likeness (QED) is 0.524.